The molecule has 0 unspecified atom stereocenters. The Hall–Kier alpha value is -1.47. The molecule has 1 heterocycles. The maximum atomic E-state index is 12.4. The summed E-state index contributed by atoms with van der Waals surface area (Å²) in [5.74, 6) is -0.806. The van der Waals surface area contributed by atoms with Gasteiger partial charge >= 0.3 is 6.18 Å². The molecule has 2 N–H and O–H groups in total. The van der Waals surface area contributed by atoms with Gasteiger partial charge in [0.05, 0.1) is 12.1 Å². The van der Waals surface area contributed by atoms with E-state index in [9.17, 15) is 18.3 Å². The van der Waals surface area contributed by atoms with Crippen LogP contribution in [0.4, 0.5) is 18.9 Å². The Morgan fingerprint density at radius 1 is 1.37 bits per heavy atom. The maximum absolute atomic E-state index is 12.4. The van der Waals surface area contributed by atoms with Crippen molar-refractivity contribution in [2.75, 3.05) is 5.32 Å². The van der Waals surface area contributed by atoms with E-state index in [1.54, 1.807) is 6.20 Å². The van der Waals surface area contributed by atoms with E-state index in [0.717, 1.165) is 17.0 Å². The second-order valence-corrected chi connectivity index (χ2v) is 5.36. The second kappa shape index (κ2) is 5.26. The van der Waals surface area contributed by atoms with Crippen LogP contribution in [-0.4, -0.2) is 10.1 Å². The third-order valence-electron chi connectivity index (χ3n) is 2.30. The number of thiazole rings is 1. The summed E-state index contributed by atoms with van der Waals surface area (Å²) in [5, 5.41) is 12.2. The molecular weight excluding hydrogens is 301 g/mol. The van der Waals surface area contributed by atoms with Crippen LogP contribution in [0.5, 0.6) is 5.75 Å². The lowest BCUT2D eigenvalue weighted by molar-refractivity contribution is -0.138. The quantitative estimate of drug-likeness (QED) is 0.896. The molecule has 2 rings (SSSR count). The highest BCUT2D eigenvalue weighted by Crippen LogP contribution is 2.36. The molecule has 0 aliphatic heterocycles. The van der Waals surface area contributed by atoms with Gasteiger partial charge in [0, 0.05) is 22.8 Å². The van der Waals surface area contributed by atoms with Gasteiger partial charge in [-0.15, -0.1) is 11.3 Å². The third kappa shape index (κ3) is 3.51. The van der Waals surface area contributed by atoms with Gasteiger partial charge in [-0.3, -0.25) is 0 Å². The number of hydrogen-bond acceptors (Lipinski definition) is 4. The first-order valence-electron chi connectivity index (χ1n) is 5.10. The normalized spacial score (nSPS) is 11.6. The van der Waals surface area contributed by atoms with Crippen LogP contribution in [0.15, 0.2) is 24.4 Å². The van der Waals surface area contributed by atoms with Gasteiger partial charge in [0.1, 0.15) is 5.75 Å². The Morgan fingerprint density at radius 2 is 2.11 bits per heavy atom. The molecule has 19 heavy (non-hydrogen) atoms. The highest BCUT2D eigenvalue weighted by molar-refractivity contribution is 7.15. The molecule has 0 aliphatic carbocycles. The predicted molar refractivity (Wildman–Crippen MR) is 67.6 cm³/mol. The van der Waals surface area contributed by atoms with E-state index in [0.29, 0.717) is 16.7 Å². The Kier molecular flexibility index (Phi) is 3.86. The Morgan fingerprint density at radius 3 is 2.63 bits per heavy atom. The van der Waals surface area contributed by atoms with Crippen molar-refractivity contribution in [1.82, 2.24) is 4.98 Å². The largest absolute Gasteiger partial charge is 0.507 e. The van der Waals surface area contributed by atoms with E-state index >= 15 is 0 Å². The molecule has 0 saturated heterocycles. The van der Waals surface area contributed by atoms with Gasteiger partial charge in [0.15, 0.2) is 4.47 Å². The average Bonchev–Trinajstić information content (AvgIpc) is 2.71. The zero-order valence-electron chi connectivity index (χ0n) is 9.33. The minimum Gasteiger partial charge on any atom is -0.507 e. The number of anilines is 1. The van der Waals surface area contributed by atoms with Crippen molar-refractivity contribution in [3.05, 3.63) is 39.3 Å². The van der Waals surface area contributed by atoms with Gasteiger partial charge in [-0.05, 0) is 12.1 Å². The SMILES string of the molecule is Oc1cc(NCc2cnc(Cl)s2)ccc1C(F)(F)F. The Labute approximate surface area is 115 Å². The molecule has 0 fully saturated rings. The van der Waals surface area contributed by atoms with Gasteiger partial charge in [0.25, 0.3) is 0 Å². The summed E-state index contributed by atoms with van der Waals surface area (Å²) in [6, 6.07) is 3.12. The van der Waals surface area contributed by atoms with Crippen molar-refractivity contribution in [1.29, 1.82) is 0 Å². The molecule has 0 atom stereocenters. The van der Waals surface area contributed by atoms with Gasteiger partial charge in [-0.25, -0.2) is 4.98 Å². The number of nitrogens with one attached hydrogen (secondary N) is 1. The third-order valence-corrected chi connectivity index (χ3v) is 3.41. The molecule has 0 aliphatic rings. The fourth-order valence-electron chi connectivity index (χ4n) is 1.44. The Balaban J connectivity index is 2.08. The molecule has 1 aromatic heterocycles. The molecule has 2 aromatic rings. The van der Waals surface area contributed by atoms with Crippen molar-refractivity contribution in [3.63, 3.8) is 0 Å². The van der Waals surface area contributed by atoms with Gasteiger partial charge in [-0.2, -0.15) is 13.2 Å². The maximum Gasteiger partial charge on any atom is 0.419 e. The van der Waals surface area contributed by atoms with Crippen LogP contribution in [0, 0.1) is 0 Å². The topological polar surface area (TPSA) is 45.1 Å². The van der Waals surface area contributed by atoms with Crippen molar-refractivity contribution in [2.24, 2.45) is 0 Å². The first-order chi connectivity index (χ1) is 8.86. The van der Waals surface area contributed by atoms with Crippen molar-refractivity contribution >= 4 is 28.6 Å². The standard InChI is InChI=1S/C11H8ClF3N2OS/c12-10-17-5-7(19-10)4-16-6-1-2-8(9(18)3-6)11(13,14)15/h1-3,5,16,18H,4H2. The lowest BCUT2D eigenvalue weighted by Gasteiger charge is -2.11. The minimum atomic E-state index is -4.56. The van der Waals surface area contributed by atoms with Crippen LogP contribution >= 0.6 is 22.9 Å². The number of halogens is 4. The molecule has 102 valence electrons. The molecule has 0 amide bonds. The van der Waals surface area contributed by atoms with E-state index in [2.05, 4.69) is 10.3 Å². The van der Waals surface area contributed by atoms with Crippen molar-refractivity contribution in [2.45, 2.75) is 12.7 Å². The van der Waals surface area contributed by atoms with E-state index < -0.39 is 17.5 Å². The van der Waals surface area contributed by atoms with Crippen LogP contribution in [0.25, 0.3) is 0 Å². The van der Waals surface area contributed by atoms with E-state index in [-0.39, 0.29) is 0 Å². The summed E-state index contributed by atoms with van der Waals surface area (Å²) >= 11 is 6.92. The van der Waals surface area contributed by atoms with Gasteiger partial charge in [-0.1, -0.05) is 11.6 Å². The number of alkyl halides is 3. The monoisotopic (exact) mass is 308 g/mol. The number of phenolic OH excluding ortho intramolecular Hbond substituents is 1. The fourth-order valence-corrected chi connectivity index (χ4v) is 2.35. The summed E-state index contributed by atoms with van der Waals surface area (Å²) < 4.78 is 37.7. The average molecular weight is 309 g/mol. The summed E-state index contributed by atoms with van der Waals surface area (Å²) in [5.41, 5.74) is -0.672. The first kappa shape index (κ1) is 14.0. The zero-order chi connectivity index (χ0) is 14.0. The number of hydrogen-bond donors (Lipinski definition) is 2. The summed E-state index contributed by atoms with van der Waals surface area (Å²) in [7, 11) is 0. The van der Waals surface area contributed by atoms with Crippen LogP contribution < -0.4 is 5.32 Å². The number of phenols is 1. The lowest BCUT2D eigenvalue weighted by Crippen LogP contribution is -2.06. The number of nitrogens with zero attached hydrogens (tertiary/aromatic N) is 1. The molecule has 0 spiro atoms. The van der Waals surface area contributed by atoms with Gasteiger partial charge < -0.3 is 10.4 Å². The number of aromatic hydroxyl groups is 1. The molecule has 3 nitrogen and oxygen atoms in total. The molecular formula is C11H8ClF3N2OS. The summed E-state index contributed by atoms with van der Waals surface area (Å²) in [6.45, 7) is 0.370. The van der Waals surface area contributed by atoms with Crippen LogP contribution in [-0.2, 0) is 12.7 Å². The van der Waals surface area contributed by atoms with Crippen molar-refractivity contribution < 1.29 is 18.3 Å². The molecule has 8 heteroatoms. The fraction of sp³-hybridized carbons (Fsp3) is 0.182. The highest BCUT2D eigenvalue weighted by atomic mass is 35.5. The highest BCUT2D eigenvalue weighted by Gasteiger charge is 2.33. The first-order valence-corrected chi connectivity index (χ1v) is 6.30. The minimum absolute atomic E-state index is 0.370. The predicted octanol–water partition coefficient (Wildman–Crippen LogP) is 4.13. The molecule has 0 radical (unpaired) electrons. The number of rotatable bonds is 3. The molecule has 0 bridgehead atoms. The zero-order valence-corrected chi connectivity index (χ0v) is 10.9. The van der Waals surface area contributed by atoms with E-state index in [1.807, 2.05) is 0 Å². The van der Waals surface area contributed by atoms with Gasteiger partial charge in [0.2, 0.25) is 0 Å². The van der Waals surface area contributed by atoms with Crippen molar-refractivity contribution in [3.8, 4) is 5.75 Å². The number of benzene rings is 1. The smallest absolute Gasteiger partial charge is 0.419 e. The number of aromatic nitrogens is 1. The van der Waals surface area contributed by atoms with Crippen LogP contribution in [0.2, 0.25) is 4.47 Å². The summed E-state index contributed by atoms with van der Waals surface area (Å²) in [6.07, 6.45) is -2.99. The van der Waals surface area contributed by atoms with Crippen LogP contribution in [0.1, 0.15) is 10.4 Å². The molecule has 0 saturated carbocycles. The Bertz CT molecular complexity index is 586. The second-order valence-electron chi connectivity index (χ2n) is 3.66. The van der Waals surface area contributed by atoms with Crippen LogP contribution in [0.3, 0.4) is 0 Å². The summed E-state index contributed by atoms with van der Waals surface area (Å²) in [4.78, 5) is 4.68. The molecule has 1 aromatic carbocycles. The lowest BCUT2D eigenvalue weighted by atomic mass is 10.1. The van der Waals surface area contributed by atoms with E-state index in [4.69, 9.17) is 11.6 Å². The van der Waals surface area contributed by atoms with E-state index in [1.165, 1.54) is 17.4 Å².